The van der Waals surface area contributed by atoms with Crippen LogP contribution in [-0.4, -0.2) is 43.1 Å². The molecule has 0 aromatic rings. The Hall–Kier alpha value is -1.53. The Morgan fingerprint density at radius 1 is 0.656 bits per heavy atom. The van der Waals surface area contributed by atoms with Crippen molar-refractivity contribution >= 4 is 23.7 Å². The Morgan fingerprint density at radius 2 is 0.906 bits per heavy atom. The fourth-order valence-electron chi connectivity index (χ4n) is 0.727. The van der Waals surface area contributed by atoms with Crippen LogP contribution < -0.4 is 24.0 Å². The Kier molecular flexibility index (Phi) is 71.6. The first-order chi connectivity index (χ1) is 12.4. The summed E-state index contributed by atoms with van der Waals surface area (Å²) in [5, 5.41) is 9.26. The van der Waals surface area contributed by atoms with E-state index in [1.165, 1.54) is 13.8 Å². The number of hydrogen-bond acceptors (Lipinski definition) is 7. The third kappa shape index (κ3) is 63.0. The number of hydrogen-bond donors (Lipinski definition) is 0. The number of aliphatic carboxylic acids is 1. The van der Waals surface area contributed by atoms with Crippen LogP contribution in [0.3, 0.4) is 0 Å². The normalized spacial score (nSPS) is 7.66. The molecule has 194 valence electrons. The summed E-state index contributed by atoms with van der Waals surface area (Å²) >= 11 is 0. The Morgan fingerprint density at radius 3 is 0.938 bits per heavy atom. The number of carboxylic acid groups (broad SMARTS) is 1. The molecule has 0 spiro atoms. The smallest absolute Gasteiger partial charge is 0.550 e. The quantitative estimate of drug-likeness (QED) is 0.428. The summed E-state index contributed by atoms with van der Waals surface area (Å²) in [6.45, 7) is 10.8. The van der Waals surface area contributed by atoms with Crippen LogP contribution in [0.2, 0.25) is 0 Å². The number of rotatable bonds is 6. The number of esters is 2. The number of ketones is 1. The molecule has 0 amide bonds. The van der Waals surface area contributed by atoms with Crippen molar-refractivity contribution in [2.75, 3.05) is 13.2 Å². The van der Waals surface area contributed by atoms with Crippen LogP contribution in [0, 0.1) is 0 Å². The number of carbonyl (C=O) groups excluding carboxylic acids is 4. The molecule has 0 fully saturated rings. The number of carboxylic acids is 1. The number of carbonyl (C=O) groups is 4. The summed E-state index contributed by atoms with van der Waals surface area (Å²) in [6.07, 6.45) is -4.03. The molecule has 7 nitrogen and oxygen atoms in total. The summed E-state index contributed by atoms with van der Waals surface area (Å²) in [5.74, 6) is -2.91. The third-order valence-corrected chi connectivity index (χ3v) is 2.11. The first-order valence-corrected chi connectivity index (χ1v) is 8.48. The average molecular weight is 475 g/mol. The van der Waals surface area contributed by atoms with Crippen LogP contribution in [0.25, 0.3) is 0 Å². The van der Waals surface area contributed by atoms with Gasteiger partial charge in [-0.05, 0) is 20.3 Å². The van der Waals surface area contributed by atoms with Crippen LogP contribution in [0.1, 0.15) is 96.9 Å². The van der Waals surface area contributed by atoms with E-state index in [1.807, 2.05) is 0 Å². The molecule has 0 rings (SSSR count). The molecule has 11 heteroatoms. The maximum Gasteiger partial charge on any atom is 1.00 e. The van der Waals surface area contributed by atoms with E-state index in [9.17, 15) is 37.5 Å². The molecule has 0 heterocycles. The number of alkyl halides is 3. The van der Waals surface area contributed by atoms with E-state index >= 15 is 0 Å². The fourth-order valence-corrected chi connectivity index (χ4v) is 0.727. The van der Waals surface area contributed by atoms with Gasteiger partial charge in [-0.1, -0.05) is 57.4 Å². The van der Waals surface area contributed by atoms with Gasteiger partial charge in [0, 0.05) is 25.2 Å². The molecule has 0 N–H and O–H groups in total. The molecule has 0 bridgehead atoms. The van der Waals surface area contributed by atoms with Gasteiger partial charge in [0.15, 0.2) is 0 Å². The van der Waals surface area contributed by atoms with Gasteiger partial charge in [-0.15, -0.1) is 0 Å². The summed E-state index contributed by atoms with van der Waals surface area (Å²) in [6, 6.07) is 0. The van der Waals surface area contributed by atoms with Crippen LogP contribution in [0.15, 0.2) is 0 Å². The standard InChI is InChI=1S/2C5H10O2.C4H5F3O.C3H6O2.4CH4.Li/c2*1-3-5(6)7-4-2;1-2-3(8)4(5,6)7;1-2-3(4)5;;;;;/h2*3-4H2,1-2H3;2H2,1H3;2H2,1H3,(H,4,5);4*1H4;/q;;;;;;;;+1/p-1. The zero-order valence-electron chi connectivity index (χ0n) is 17.7. The largest absolute Gasteiger partial charge is 1.00 e. The van der Waals surface area contributed by atoms with E-state index in [0.717, 1.165) is 0 Å². The van der Waals surface area contributed by atoms with Gasteiger partial charge in [-0.25, -0.2) is 0 Å². The Bertz CT molecular complexity index is 399. The summed E-state index contributed by atoms with van der Waals surface area (Å²) in [5.41, 5.74) is 0. The minimum atomic E-state index is -4.63. The van der Waals surface area contributed by atoms with Crippen molar-refractivity contribution in [3.8, 4) is 0 Å². The minimum absolute atomic E-state index is 0. The average Bonchev–Trinajstić information content (AvgIpc) is 2.61. The predicted octanol–water partition coefficient (Wildman–Crippen LogP) is 2.14. The van der Waals surface area contributed by atoms with Gasteiger partial charge in [0.2, 0.25) is 5.78 Å². The molecule has 0 aromatic carbocycles. The fraction of sp³-hybridized carbons (Fsp3) is 0.810. The van der Waals surface area contributed by atoms with Crippen molar-refractivity contribution in [1.29, 1.82) is 0 Å². The van der Waals surface area contributed by atoms with Gasteiger partial charge < -0.3 is 19.4 Å². The van der Waals surface area contributed by atoms with E-state index in [1.54, 1.807) is 27.7 Å². The van der Waals surface area contributed by atoms with Crippen LogP contribution in [-0.2, 0) is 28.7 Å². The molecule has 0 radical (unpaired) electrons. The predicted molar refractivity (Wildman–Crippen MR) is 117 cm³/mol. The number of Topliss-reactive ketones (excluding diaryl/α,β-unsaturated/α-hetero) is 1. The van der Waals surface area contributed by atoms with Crippen molar-refractivity contribution in [1.82, 2.24) is 0 Å². The molecule has 32 heavy (non-hydrogen) atoms. The maximum absolute atomic E-state index is 11.1. The van der Waals surface area contributed by atoms with Crippen molar-refractivity contribution in [2.24, 2.45) is 0 Å². The minimum Gasteiger partial charge on any atom is -0.550 e. The second-order valence-corrected chi connectivity index (χ2v) is 4.32. The monoisotopic (exact) mass is 474 g/mol. The SMILES string of the molecule is C.C.C.C.CCC(=O)C(F)(F)F.CCC(=O)[O-].CCOC(=O)CC.CCOC(=O)CC.[Li+]. The van der Waals surface area contributed by atoms with Gasteiger partial charge in [0.25, 0.3) is 0 Å². The second-order valence-electron chi connectivity index (χ2n) is 4.32. The first kappa shape index (κ1) is 57.4. The molecule has 0 saturated heterocycles. The van der Waals surface area contributed by atoms with Gasteiger partial charge in [-0.3, -0.25) is 14.4 Å². The Labute approximate surface area is 206 Å². The zero-order chi connectivity index (χ0) is 22.5. The van der Waals surface area contributed by atoms with E-state index < -0.39 is 24.3 Å². The first-order valence-electron chi connectivity index (χ1n) is 8.48. The van der Waals surface area contributed by atoms with Gasteiger partial charge in [0.1, 0.15) is 0 Å². The summed E-state index contributed by atoms with van der Waals surface area (Å²) in [7, 11) is 0. The van der Waals surface area contributed by atoms with E-state index in [2.05, 4.69) is 9.47 Å². The van der Waals surface area contributed by atoms with Crippen LogP contribution in [0.5, 0.6) is 0 Å². The third-order valence-electron chi connectivity index (χ3n) is 2.11. The molecule has 0 aromatic heterocycles. The number of halogens is 3. The van der Waals surface area contributed by atoms with Crippen molar-refractivity contribution < 1.29 is 65.8 Å². The summed E-state index contributed by atoms with van der Waals surface area (Å²) < 4.78 is 42.4. The Balaban J connectivity index is -0.0000000302. The molecule has 0 atom stereocenters. The maximum atomic E-state index is 11.1. The van der Waals surface area contributed by atoms with Crippen molar-refractivity contribution in [3.63, 3.8) is 0 Å². The van der Waals surface area contributed by atoms with Crippen molar-refractivity contribution in [3.05, 3.63) is 0 Å². The molecule has 0 aliphatic carbocycles. The summed E-state index contributed by atoms with van der Waals surface area (Å²) in [4.78, 5) is 39.3. The number of ether oxygens (including phenoxy) is 2. The van der Waals surface area contributed by atoms with Gasteiger partial charge >= 0.3 is 37.0 Å². The van der Waals surface area contributed by atoms with Gasteiger partial charge in [0.05, 0.1) is 13.2 Å². The molecule has 0 unspecified atom stereocenters. The molecular weight excluding hydrogens is 428 g/mol. The van der Waals surface area contributed by atoms with E-state index in [0.29, 0.717) is 26.1 Å². The zero-order valence-corrected chi connectivity index (χ0v) is 17.7. The van der Waals surface area contributed by atoms with Crippen LogP contribution in [0.4, 0.5) is 13.2 Å². The van der Waals surface area contributed by atoms with Gasteiger partial charge in [-0.2, -0.15) is 13.2 Å². The molecule has 0 saturated carbocycles. The molecular formula is C21H46F3LiO7. The van der Waals surface area contributed by atoms with Crippen LogP contribution >= 0.6 is 0 Å². The van der Waals surface area contributed by atoms with E-state index in [-0.39, 0.29) is 66.9 Å². The van der Waals surface area contributed by atoms with E-state index in [4.69, 9.17) is 0 Å². The topological polar surface area (TPSA) is 110 Å². The molecule has 0 aliphatic heterocycles. The second kappa shape index (κ2) is 39.9. The molecule has 0 aliphatic rings. The van der Waals surface area contributed by atoms with Crippen molar-refractivity contribution in [2.45, 2.75) is 103 Å².